The normalized spacial score (nSPS) is 14.0. The zero-order valence-electron chi connectivity index (χ0n) is 19.0. The molecule has 0 spiro atoms. The molecule has 0 saturated carbocycles. The summed E-state index contributed by atoms with van der Waals surface area (Å²) in [6.45, 7) is 4.29. The van der Waals surface area contributed by atoms with Crippen molar-refractivity contribution in [3.8, 4) is 11.5 Å². The van der Waals surface area contributed by atoms with Gasteiger partial charge in [-0.3, -0.25) is 10.1 Å². The quantitative estimate of drug-likeness (QED) is 0.152. The van der Waals surface area contributed by atoms with E-state index in [1.54, 1.807) is 37.3 Å². The van der Waals surface area contributed by atoms with Crippen LogP contribution in [0.4, 0.5) is 5.69 Å². The topological polar surface area (TPSA) is 100 Å². The van der Waals surface area contributed by atoms with Crippen LogP contribution in [0.15, 0.2) is 75.8 Å². The first-order valence-electron chi connectivity index (χ1n) is 10.8. The van der Waals surface area contributed by atoms with Crippen molar-refractivity contribution in [2.45, 2.75) is 20.5 Å². The number of carbonyl (C=O) groups is 1. The molecule has 35 heavy (non-hydrogen) atoms. The molecule has 3 aromatic rings. The van der Waals surface area contributed by atoms with Gasteiger partial charge in [0, 0.05) is 27.2 Å². The van der Waals surface area contributed by atoms with Gasteiger partial charge in [0.2, 0.25) is 5.90 Å². The molecule has 0 radical (unpaired) electrons. The van der Waals surface area contributed by atoms with Crippen LogP contribution in [0.3, 0.4) is 0 Å². The molecule has 0 amide bonds. The summed E-state index contributed by atoms with van der Waals surface area (Å²) < 4.78 is 18.0. The molecule has 0 fully saturated rings. The number of benzene rings is 3. The molecule has 0 atom stereocenters. The summed E-state index contributed by atoms with van der Waals surface area (Å²) in [6.07, 6.45) is 1.59. The number of halogens is 1. The lowest BCUT2D eigenvalue weighted by Gasteiger charge is -2.13. The number of hydrogen-bond donors (Lipinski definition) is 0. The van der Waals surface area contributed by atoms with Crippen molar-refractivity contribution in [3.63, 3.8) is 0 Å². The Morgan fingerprint density at radius 2 is 1.89 bits per heavy atom. The molecule has 0 aliphatic carbocycles. The van der Waals surface area contributed by atoms with Gasteiger partial charge in [-0.15, -0.1) is 0 Å². The lowest BCUT2D eigenvalue weighted by atomic mass is 10.1. The summed E-state index contributed by atoms with van der Waals surface area (Å²) in [5.41, 5.74) is 2.70. The lowest BCUT2D eigenvalue weighted by Crippen LogP contribution is -2.06. The number of aryl methyl sites for hydroxylation is 1. The second-order valence-corrected chi connectivity index (χ2v) is 8.47. The highest BCUT2D eigenvalue weighted by Crippen LogP contribution is 2.32. The maximum atomic E-state index is 12.4. The third kappa shape index (κ3) is 5.58. The van der Waals surface area contributed by atoms with E-state index in [0.717, 1.165) is 10.0 Å². The Balaban J connectivity index is 1.57. The summed E-state index contributed by atoms with van der Waals surface area (Å²) in [6, 6.07) is 17.6. The zero-order valence-corrected chi connectivity index (χ0v) is 20.6. The van der Waals surface area contributed by atoms with Crippen molar-refractivity contribution in [1.29, 1.82) is 0 Å². The predicted molar refractivity (Wildman–Crippen MR) is 135 cm³/mol. The second kappa shape index (κ2) is 10.5. The van der Waals surface area contributed by atoms with Gasteiger partial charge in [-0.1, -0.05) is 40.2 Å². The van der Waals surface area contributed by atoms with Gasteiger partial charge in [-0.25, -0.2) is 9.79 Å². The molecule has 0 unspecified atom stereocenters. The maximum Gasteiger partial charge on any atom is 0.363 e. The average Bonchev–Trinajstić information content (AvgIpc) is 3.19. The van der Waals surface area contributed by atoms with Crippen molar-refractivity contribution in [2.24, 2.45) is 4.99 Å². The van der Waals surface area contributed by atoms with Crippen LogP contribution in [0.1, 0.15) is 29.2 Å². The van der Waals surface area contributed by atoms with E-state index in [0.29, 0.717) is 41.4 Å². The van der Waals surface area contributed by atoms with Crippen LogP contribution in [0.25, 0.3) is 6.08 Å². The number of esters is 1. The zero-order chi connectivity index (χ0) is 24.9. The van der Waals surface area contributed by atoms with Gasteiger partial charge < -0.3 is 14.2 Å². The van der Waals surface area contributed by atoms with Gasteiger partial charge in [-0.2, -0.15) is 0 Å². The van der Waals surface area contributed by atoms with Gasteiger partial charge in [-0.05, 0) is 55.8 Å². The number of nitrogens with zero attached hydrogens (tertiary/aromatic N) is 2. The fraction of sp³-hybridized carbons (Fsp3) is 0.154. The standard InChI is InChI=1S/C26H21BrN2O6/c1-3-33-24-14-17(8-11-23(24)34-15-19-6-4-5-7-20(19)27)13-21-26(30)35-25(28-21)18-9-10-22(29(31)32)16(2)12-18/h4-14H,3,15H2,1-2H3/b21-13-. The highest BCUT2D eigenvalue weighted by Gasteiger charge is 2.25. The van der Waals surface area contributed by atoms with Crippen LogP contribution in [-0.4, -0.2) is 23.4 Å². The molecule has 0 bridgehead atoms. The molecule has 0 N–H and O–H groups in total. The molecule has 9 heteroatoms. The first kappa shape index (κ1) is 24.2. The number of hydrogen-bond acceptors (Lipinski definition) is 7. The third-order valence-corrected chi connectivity index (χ3v) is 5.95. The van der Waals surface area contributed by atoms with Crippen LogP contribution in [-0.2, 0) is 16.1 Å². The molecule has 3 aromatic carbocycles. The van der Waals surface area contributed by atoms with Crippen LogP contribution in [0.5, 0.6) is 11.5 Å². The van der Waals surface area contributed by atoms with Gasteiger partial charge in [0.25, 0.3) is 5.69 Å². The molecular formula is C26H21BrN2O6. The monoisotopic (exact) mass is 536 g/mol. The number of nitro benzene ring substituents is 1. The number of cyclic esters (lactones) is 1. The highest BCUT2D eigenvalue weighted by molar-refractivity contribution is 9.10. The Bertz CT molecular complexity index is 1370. The highest BCUT2D eigenvalue weighted by atomic mass is 79.9. The average molecular weight is 537 g/mol. The number of carbonyl (C=O) groups excluding carboxylic acids is 1. The van der Waals surface area contributed by atoms with Crippen molar-refractivity contribution < 1.29 is 23.9 Å². The van der Waals surface area contributed by atoms with E-state index in [2.05, 4.69) is 20.9 Å². The van der Waals surface area contributed by atoms with Crippen molar-refractivity contribution >= 4 is 39.6 Å². The van der Waals surface area contributed by atoms with E-state index in [1.807, 2.05) is 31.2 Å². The summed E-state index contributed by atoms with van der Waals surface area (Å²) in [7, 11) is 0. The number of nitro groups is 1. The smallest absolute Gasteiger partial charge is 0.363 e. The van der Waals surface area contributed by atoms with E-state index in [4.69, 9.17) is 14.2 Å². The summed E-state index contributed by atoms with van der Waals surface area (Å²) in [4.78, 5) is 27.3. The number of rotatable bonds is 8. The molecule has 178 valence electrons. The van der Waals surface area contributed by atoms with Crippen LogP contribution in [0, 0.1) is 17.0 Å². The van der Waals surface area contributed by atoms with Crippen LogP contribution < -0.4 is 9.47 Å². The fourth-order valence-corrected chi connectivity index (χ4v) is 3.86. The van der Waals surface area contributed by atoms with E-state index >= 15 is 0 Å². The Kier molecular flexibility index (Phi) is 7.26. The second-order valence-electron chi connectivity index (χ2n) is 7.61. The van der Waals surface area contributed by atoms with E-state index in [-0.39, 0.29) is 17.3 Å². The Morgan fingerprint density at radius 1 is 1.09 bits per heavy atom. The molecule has 0 aromatic heterocycles. The van der Waals surface area contributed by atoms with E-state index in [9.17, 15) is 14.9 Å². The van der Waals surface area contributed by atoms with E-state index < -0.39 is 10.9 Å². The Hall–Kier alpha value is -3.98. The maximum absolute atomic E-state index is 12.4. The molecule has 0 saturated heterocycles. The van der Waals surface area contributed by atoms with Gasteiger partial charge in [0.15, 0.2) is 17.2 Å². The van der Waals surface area contributed by atoms with Gasteiger partial charge in [0.05, 0.1) is 11.5 Å². The molecule has 1 heterocycles. The van der Waals surface area contributed by atoms with Crippen molar-refractivity contribution in [2.75, 3.05) is 6.61 Å². The minimum Gasteiger partial charge on any atom is -0.490 e. The number of aliphatic imine (C=N–C) groups is 1. The predicted octanol–water partition coefficient (Wildman–Crippen LogP) is 5.99. The van der Waals surface area contributed by atoms with Crippen LogP contribution in [0.2, 0.25) is 0 Å². The fourth-order valence-electron chi connectivity index (χ4n) is 3.46. The van der Waals surface area contributed by atoms with E-state index in [1.165, 1.54) is 12.1 Å². The molecular weight excluding hydrogens is 516 g/mol. The summed E-state index contributed by atoms with van der Waals surface area (Å²) in [5, 5.41) is 11.0. The third-order valence-electron chi connectivity index (χ3n) is 5.17. The first-order valence-corrected chi connectivity index (χ1v) is 11.6. The van der Waals surface area contributed by atoms with Gasteiger partial charge >= 0.3 is 5.97 Å². The Morgan fingerprint density at radius 3 is 2.60 bits per heavy atom. The van der Waals surface area contributed by atoms with Crippen LogP contribution >= 0.6 is 15.9 Å². The van der Waals surface area contributed by atoms with Crippen molar-refractivity contribution in [1.82, 2.24) is 0 Å². The molecule has 8 nitrogen and oxygen atoms in total. The number of ether oxygens (including phenoxy) is 3. The summed E-state index contributed by atoms with van der Waals surface area (Å²) in [5.74, 6) is 0.598. The lowest BCUT2D eigenvalue weighted by molar-refractivity contribution is -0.385. The SMILES string of the molecule is CCOc1cc(/C=C2\N=C(c3ccc([N+](=O)[O-])c(C)c3)OC2=O)ccc1OCc1ccccc1Br. The first-order chi connectivity index (χ1) is 16.9. The molecule has 1 aliphatic heterocycles. The minimum atomic E-state index is -0.608. The van der Waals surface area contributed by atoms with Crippen molar-refractivity contribution in [3.05, 3.63) is 103 Å². The minimum absolute atomic E-state index is 0.0141. The molecule has 1 aliphatic rings. The molecule has 4 rings (SSSR count). The summed E-state index contributed by atoms with van der Waals surface area (Å²) >= 11 is 3.52. The Labute approximate surface area is 210 Å². The largest absolute Gasteiger partial charge is 0.490 e. The van der Waals surface area contributed by atoms with Gasteiger partial charge in [0.1, 0.15) is 6.61 Å².